The van der Waals surface area contributed by atoms with Crippen molar-refractivity contribution in [3.8, 4) is 29.1 Å². The lowest BCUT2D eigenvalue weighted by atomic mass is 9.83. The molecule has 9 heteroatoms. The van der Waals surface area contributed by atoms with Gasteiger partial charge >= 0.3 is 5.97 Å². The minimum Gasteiger partial charge on any atom is -0.489 e. The number of para-hydroxylation sites is 1. The number of allylic oxidation sites excluding steroid dienone is 1. The van der Waals surface area contributed by atoms with Crippen LogP contribution < -0.4 is 24.7 Å². The van der Waals surface area contributed by atoms with Crippen LogP contribution in [0.3, 0.4) is 0 Å². The number of carbonyl (C=O) groups is 1. The van der Waals surface area contributed by atoms with Gasteiger partial charge in [0.25, 0.3) is 0 Å². The number of hydrogen-bond acceptors (Lipinski definition) is 7. The second kappa shape index (κ2) is 12.0. The van der Waals surface area contributed by atoms with Gasteiger partial charge in [0, 0.05) is 16.7 Å². The lowest BCUT2D eigenvalue weighted by Crippen LogP contribution is -2.21. The molecule has 4 aromatic carbocycles. The molecule has 0 aliphatic carbocycles. The third kappa shape index (κ3) is 6.15. The molecule has 200 valence electrons. The molecule has 7 nitrogen and oxygen atoms in total. The highest BCUT2D eigenvalue weighted by Crippen LogP contribution is 2.44. The smallest absolute Gasteiger partial charge is 0.349 e. The van der Waals surface area contributed by atoms with E-state index in [0.717, 1.165) is 11.1 Å². The highest BCUT2D eigenvalue weighted by Gasteiger charge is 2.31. The van der Waals surface area contributed by atoms with Crippen molar-refractivity contribution in [1.29, 1.82) is 5.26 Å². The fourth-order valence-electron chi connectivity index (χ4n) is 4.23. The van der Waals surface area contributed by atoms with E-state index in [9.17, 15) is 10.1 Å². The maximum Gasteiger partial charge on any atom is 0.349 e. The van der Waals surface area contributed by atoms with E-state index >= 15 is 0 Å². The third-order valence-electron chi connectivity index (χ3n) is 6.11. The van der Waals surface area contributed by atoms with Gasteiger partial charge in [-0.15, -0.1) is 0 Å². The summed E-state index contributed by atoms with van der Waals surface area (Å²) in [7, 11) is 0. The maximum atomic E-state index is 12.4. The molecule has 0 fully saturated rings. The number of carbonyl (C=O) groups excluding carboxylic acids is 1. The first kappa shape index (κ1) is 26.9. The molecule has 5 rings (SSSR count). The largest absolute Gasteiger partial charge is 0.489 e. The summed E-state index contributed by atoms with van der Waals surface area (Å²) in [5, 5.41) is 10.9. The first-order chi connectivity index (χ1) is 19.4. The van der Waals surface area contributed by atoms with E-state index in [1.807, 2.05) is 36.4 Å². The topological polar surface area (TPSA) is 104 Å². The molecule has 1 atom stereocenters. The Morgan fingerprint density at radius 1 is 0.925 bits per heavy atom. The Kier molecular flexibility index (Phi) is 8.11. The predicted molar refractivity (Wildman–Crippen MR) is 151 cm³/mol. The molecule has 0 bridgehead atoms. The van der Waals surface area contributed by atoms with Crippen LogP contribution in [0.1, 0.15) is 22.6 Å². The van der Waals surface area contributed by atoms with Crippen LogP contribution in [-0.2, 0) is 11.4 Å². The van der Waals surface area contributed by atoms with Gasteiger partial charge in [-0.25, -0.2) is 4.79 Å². The fourth-order valence-corrected chi connectivity index (χ4v) is 4.55. The van der Waals surface area contributed by atoms with Crippen LogP contribution in [0.2, 0.25) is 10.0 Å². The zero-order valence-electron chi connectivity index (χ0n) is 21.0. The van der Waals surface area contributed by atoms with Crippen LogP contribution in [0.4, 0.5) is 0 Å². The minimum atomic E-state index is -0.626. The number of rotatable bonds is 8. The van der Waals surface area contributed by atoms with Crippen LogP contribution in [0, 0.1) is 11.3 Å². The van der Waals surface area contributed by atoms with Crippen LogP contribution in [0.25, 0.3) is 0 Å². The van der Waals surface area contributed by atoms with Gasteiger partial charge < -0.3 is 24.7 Å². The fraction of sp³-hybridized carbons (Fsp3) is 0.0968. The molecule has 0 aromatic heterocycles. The van der Waals surface area contributed by atoms with E-state index in [1.54, 1.807) is 54.6 Å². The number of fused-ring (bicyclic) bond motifs is 1. The number of nitrogens with two attached hydrogens (primary N) is 1. The van der Waals surface area contributed by atoms with Crippen molar-refractivity contribution in [3.05, 3.63) is 129 Å². The van der Waals surface area contributed by atoms with Gasteiger partial charge in [-0.2, -0.15) is 5.26 Å². The average molecular weight is 573 g/mol. The maximum absolute atomic E-state index is 12.4. The number of hydrogen-bond donors (Lipinski definition) is 1. The van der Waals surface area contributed by atoms with Gasteiger partial charge in [-0.1, -0.05) is 65.7 Å². The summed E-state index contributed by atoms with van der Waals surface area (Å²) in [5.74, 6) is 0.433. The Morgan fingerprint density at radius 2 is 1.73 bits per heavy atom. The van der Waals surface area contributed by atoms with E-state index in [1.165, 1.54) is 0 Å². The van der Waals surface area contributed by atoms with Crippen LogP contribution >= 0.6 is 23.2 Å². The van der Waals surface area contributed by atoms with E-state index < -0.39 is 11.9 Å². The van der Waals surface area contributed by atoms with Crippen molar-refractivity contribution < 1.29 is 23.7 Å². The Morgan fingerprint density at radius 3 is 2.50 bits per heavy atom. The van der Waals surface area contributed by atoms with Gasteiger partial charge in [0.2, 0.25) is 5.88 Å². The molecule has 0 saturated carbocycles. The summed E-state index contributed by atoms with van der Waals surface area (Å²) in [6.07, 6.45) is 0. The number of nitrogens with zero attached hydrogens (tertiary/aromatic N) is 1. The summed E-state index contributed by atoms with van der Waals surface area (Å²) >= 11 is 12.0. The molecular formula is C31H22Cl2N2O5. The lowest BCUT2D eigenvalue weighted by Gasteiger charge is -2.27. The number of nitriles is 1. The third-order valence-corrected chi connectivity index (χ3v) is 6.68. The molecule has 0 amide bonds. The molecule has 40 heavy (non-hydrogen) atoms. The summed E-state index contributed by atoms with van der Waals surface area (Å²) in [4.78, 5) is 12.4. The average Bonchev–Trinajstić information content (AvgIpc) is 2.96. The molecule has 0 radical (unpaired) electrons. The molecule has 0 spiro atoms. The van der Waals surface area contributed by atoms with E-state index in [0.29, 0.717) is 39.5 Å². The second-order valence-electron chi connectivity index (χ2n) is 8.81. The highest BCUT2D eigenvalue weighted by atomic mass is 35.5. The minimum absolute atomic E-state index is 0.0296. The Labute approximate surface area is 240 Å². The molecule has 4 aromatic rings. The van der Waals surface area contributed by atoms with Gasteiger partial charge in [0.15, 0.2) is 6.61 Å². The summed E-state index contributed by atoms with van der Waals surface area (Å²) in [6, 6.07) is 28.8. The Bertz CT molecular complexity index is 1630. The molecular weight excluding hydrogens is 551 g/mol. The number of esters is 1. The standard InChI is InChI=1S/C31H22Cl2N2O5/c32-21-10-8-19(9-11-21)17-37-22-5-3-4-20(14-22)30-24-13-12-23(15-28(24)40-31(35)25(30)16-34)39-29(36)18-38-27-7-2-1-6-26(27)33/h1-15,30H,17-18,35H2. The number of ether oxygens (including phenoxy) is 4. The van der Waals surface area contributed by atoms with Gasteiger partial charge in [-0.3, -0.25) is 0 Å². The summed E-state index contributed by atoms with van der Waals surface area (Å²) in [5.41, 5.74) is 8.85. The van der Waals surface area contributed by atoms with Gasteiger partial charge in [0.1, 0.15) is 41.2 Å². The van der Waals surface area contributed by atoms with E-state index in [-0.39, 0.29) is 23.8 Å². The van der Waals surface area contributed by atoms with Crippen molar-refractivity contribution in [3.63, 3.8) is 0 Å². The summed E-state index contributed by atoms with van der Waals surface area (Å²) < 4.78 is 22.6. The van der Waals surface area contributed by atoms with Crippen molar-refractivity contribution in [2.45, 2.75) is 12.5 Å². The first-order valence-corrected chi connectivity index (χ1v) is 12.9. The SMILES string of the molecule is N#CC1=C(N)Oc2cc(OC(=O)COc3ccccc3Cl)ccc2C1c1cccc(OCc2ccc(Cl)cc2)c1. The molecule has 1 unspecified atom stereocenters. The van der Waals surface area contributed by atoms with Crippen molar-refractivity contribution in [2.24, 2.45) is 5.73 Å². The molecule has 1 heterocycles. The highest BCUT2D eigenvalue weighted by molar-refractivity contribution is 6.32. The quantitative estimate of drug-likeness (QED) is 0.183. The van der Waals surface area contributed by atoms with Crippen LogP contribution in [0.5, 0.6) is 23.0 Å². The molecule has 1 aliphatic heterocycles. The number of benzene rings is 4. The molecule has 1 aliphatic rings. The molecule has 0 saturated heterocycles. The summed E-state index contributed by atoms with van der Waals surface area (Å²) in [6.45, 7) is 0.0106. The van der Waals surface area contributed by atoms with Crippen molar-refractivity contribution in [2.75, 3.05) is 6.61 Å². The first-order valence-electron chi connectivity index (χ1n) is 12.2. The van der Waals surface area contributed by atoms with Gasteiger partial charge in [-0.05, 0) is 53.6 Å². The van der Waals surface area contributed by atoms with Crippen LogP contribution in [-0.4, -0.2) is 12.6 Å². The Balaban J connectivity index is 1.34. The van der Waals surface area contributed by atoms with E-state index in [2.05, 4.69) is 6.07 Å². The normalized spacial score (nSPS) is 14.0. The zero-order chi connectivity index (χ0) is 28.1. The Hall–Kier alpha value is -4.64. The predicted octanol–water partition coefficient (Wildman–Crippen LogP) is 6.77. The van der Waals surface area contributed by atoms with Crippen molar-refractivity contribution in [1.82, 2.24) is 0 Å². The zero-order valence-corrected chi connectivity index (χ0v) is 22.5. The van der Waals surface area contributed by atoms with Crippen LogP contribution in [0.15, 0.2) is 102 Å². The van der Waals surface area contributed by atoms with E-state index in [4.69, 9.17) is 47.9 Å². The number of halogens is 2. The second-order valence-corrected chi connectivity index (χ2v) is 9.65. The monoisotopic (exact) mass is 572 g/mol. The van der Waals surface area contributed by atoms with Crippen molar-refractivity contribution >= 4 is 29.2 Å². The van der Waals surface area contributed by atoms with Gasteiger partial charge in [0.05, 0.1) is 10.9 Å². The molecule has 2 N–H and O–H groups in total. The lowest BCUT2D eigenvalue weighted by molar-refractivity contribution is -0.136.